The standard InChI is InChI=1S/C17H18N2O5S/c1-11-3-8-15(12(2)9-11)25(23,24)19-14-6-4-13(5-7-14)17(22)18-10-16(20)21/h3-9,19H,10H2,1-2H3,(H,18,22)(H,20,21)/p-1. The fourth-order valence-electron chi connectivity index (χ4n) is 2.26. The summed E-state index contributed by atoms with van der Waals surface area (Å²) < 4.78 is 27.4. The van der Waals surface area contributed by atoms with Gasteiger partial charge in [0.25, 0.3) is 15.9 Å². The van der Waals surface area contributed by atoms with E-state index < -0.39 is 28.4 Å². The molecule has 0 heterocycles. The third kappa shape index (κ3) is 4.80. The number of hydrogen-bond acceptors (Lipinski definition) is 5. The van der Waals surface area contributed by atoms with E-state index in [0.29, 0.717) is 5.56 Å². The van der Waals surface area contributed by atoms with Gasteiger partial charge < -0.3 is 15.2 Å². The van der Waals surface area contributed by atoms with Crippen LogP contribution in [0.4, 0.5) is 5.69 Å². The normalized spacial score (nSPS) is 11.0. The number of carboxylic acids is 1. The number of sulfonamides is 1. The Labute approximate surface area is 145 Å². The van der Waals surface area contributed by atoms with Crippen LogP contribution in [0, 0.1) is 13.8 Å². The van der Waals surface area contributed by atoms with E-state index in [9.17, 15) is 23.1 Å². The van der Waals surface area contributed by atoms with Crippen molar-refractivity contribution in [2.45, 2.75) is 18.7 Å². The highest BCUT2D eigenvalue weighted by molar-refractivity contribution is 7.92. The molecule has 8 heteroatoms. The van der Waals surface area contributed by atoms with Crippen LogP contribution in [0.3, 0.4) is 0 Å². The van der Waals surface area contributed by atoms with E-state index in [0.717, 1.165) is 5.56 Å². The van der Waals surface area contributed by atoms with E-state index in [4.69, 9.17) is 0 Å². The topological polar surface area (TPSA) is 115 Å². The third-order valence-electron chi connectivity index (χ3n) is 3.41. The summed E-state index contributed by atoms with van der Waals surface area (Å²) in [5.74, 6) is -1.99. The predicted octanol–water partition coefficient (Wildman–Crippen LogP) is 0.584. The lowest BCUT2D eigenvalue weighted by Crippen LogP contribution is -2.37. The van der Waals surface area contributed by atoms with E-state index in [2.05, 4.69) is 10.0 Å². The first-order chi connectivity index (χ1) is 11.7. The quantitative estimate of drug-likeness (QED) is 0.781. The molecule has 0 saturated carbocycles. The van der Waals surface area contributed by atoms with Crippen LogP contribution in [0.2, 0.25) is 0 Å². The van der Waals surface area contributed by atoms with Gasteiger partial charge in [0, 0.05) is 11.3 Å². The summed E-state index contributed by atoms with van der Waals surface area (Å²) in [6.45, 7) is 2.99. The summed E-state index contributed by atoms with van der Waals surface area (Å²) in [4.78, 5) is 22.2. The number of aryl methyl sites for hydroxylation is 2. The maximum absolute atomic E-state index is 12.5. The molecule has 2 N–H and O–H groups in total. The fraction of sp³-hybridized carbons (Fsp3) is 0.176. The van der Waals surface area contributed by atoms with Crippen LogP contribution in [0.5, 0.6) is 0 Å². The summed E-state index contributed by atoms with van der Waals surface area (Å²) in [6, 6.07) is 10.7. The van der Waals surface area contributed by atoms with E-state index in [-0.39, 0.29) is 16.1 Å². The number of nitrogens with one attached hydrogen (secondary N) is 2. The van der Waals surface area contributed by atoms with Crippen molar-refractivity contribution in [3.8, 4) is 0 Å². The molecule has 2 aromatic carbocycles. The van der Waals surface area contributed by atoms with Gasteiger partial charge in [0.05, 0.1) is 17.4 Å². The van der Waals surface area contributed by atoms with Gasteiger partial charge in [-0.05, 0) is 49.7 Å². The molecule has 0 aliphatic heterocycles. The Balaban J connectivity index is 2.15. The Hall–Kier alpha value is -2.87. The van der Waals surface area contributed by atoms with Gasteiger partial charge in [0.15, 0.2) is 0 Å². The number of benzene rings is 2. The number of anilines is 1. The molecular formula is C17H17N2O5S-. The van der Waals surface area contributed by atoms with Gasteiger partial charge in [-0.15, -0.1) is 0 Å². The monoisotopic (exact) mass is 361 g/mol. The number of carbonyl (C=O) groups excluding carboxylic acids is 2. The highest BCUT2D eigenvalue weighted by Crippen LogP contribution is 2.20. The van der Waals surface area contributed by atoms with Crippen LogP contribution in [-0.2, 0) is 14.8 Å². The number of carbonyl (C=O) groups is 2. The minimum absolute atomic E-state index is 0.175. The second-order valence-corrected chi connectivity index (χ2v) is 7.16. The van der Waals surface area contributed by atoms with Crippen molar-refractivity contribution in [1.82, 2.24) is 5.32 Å². The molecule has 0 radical (unpaired) electrons. The molecule has 0 spiro atoms. The lowest BCUT2D eigenvalue weighted by Gasteiger charge is -2.11. The van der Waals surface area contributed by atoms with E-state index in [1.165, 1.54) is 30.3 Å². The average Bonchev–Trinajstić information content (AvgIpc) is 2.52. The van der Waals surface area contributed by atoms with Crippen LogP contribution in [0.15, 0.2) is 47.4 Å². The summed E-state index contributed by atoms with van der Waals surface area (Å²) in [5, 5.41) is 12.5. The molecular weight excluding hydrogens is 344 g/mol. The Kier molecular flexibility index (Phi) is 5.43. The average molecular weight is 361 g/mol. The first kappa shape index (κ1) is 18.5. The minimum Gasteiger partial charge on any atom is -0.548 e. The molecule has 0 unspecified atom stereocenters. The Morgan fingerprint density at radius 3 is 2.24 bits per heavy atom. The van der Waals surface area contributed by atoms with Gasteiger partial charge in [-0.3, -0.25) is 9.52 Å². The predicted molar refractivity (Wildman–Crippen MR) is 90.5 cm³/mol. The lowest BCUT2D eigenvalue weighted by molar-refractivity contribution is -0.303. The fourth-order valence-corrected chi connectivity index (χ4v) is 3.54. The first-order valence-electron chi connectivity index (χ1n) is 7.37. The summed E-state index contributed by atoms with van der Waals surface area (Å²) in [7, 11) is -3.75. The molecule has 0 saturated heterocycles. The molecule has 0 aliphatic rings. The molecule has 0 fully saturated rings. The van der Waals surface area contributed by atoms with Crippen LogP contribution in [-0.4, -0.2) is 26.8 Å². The summed E-state index contributed by atoms with van der Waals surface area (Å²) in [6.07, 6.45) is 0. The van der Waals surface area contributed by atoms with Crippen molar-refractivity contribution < 1.29 is 23.1 Å². The van der Waals surface area contributed by atoms with Crippen LogP contribution < -0.4 is 15.1 Å². The van der Waals surface area contributed by atoms with E-state index in [1.54, 1.807) is 19.1 Å². The van der Waals surface area contributed by atoms with E-state index in [1.807, 2.05) is 6.92 Å². The van der Waals surface area contributed by atoms with Crippen molar-refractivity contribution in [2.24, 2.45) is 0 Å². The minimum atomic E-state index is -3.75. The van der Waals surface area contributed by atoms with Crippen molar-refractivity contribution in [3.63, 3.8) is 0 Å². The van der Waals surface area contributed by atoms with Gasteiger partial charge in [0.1, 0.15) is 0 Å². The molecule has 0 atom stereocenters. The maximum Gasteiger partial charge on any atom is 0.262 e. The Morgan fingerprint density at radius 1 is 1.04 bits per heavy atom. The molecule has 7 nitrogen and oxygen atoms in total. The zero-order valence-electron chi connectivity index (χ0n) is 13.7. The lowest BCUT2D eigenvalue weighted by atomic mass is 10.2. The SMILES string of the molecule is Cc1ccc(S(=O)(=O)Nc2ccc(C(=O)NCC(=O)[O-])cc2)c(C)c1. The van der Waals surface area contributed by atoms with Crippen LogP contribution >= 0.6 is 0 Å². The molecule has 2 aromatic rings. The smallest absolute Gasteiger partial charge is 0.262 e. The van der Waals surface area contributed by atoms with Gasteiger partial charge in [-0.1, -0.05) is 17.7 Å². The maximum atomic E-state index is 12.5. The number of amides is 1. The molecule has 2 rings (SSSR count). The molecule has 25 heavy (non-hydrogen) atoms. The van der Waals surface area contributed by atoms with Crippen molar-refractivity contribution in [3.05, 3.63) is 59.2 Å². The number of carboxylic acid groups (broad SMARTS) is 1. The Bertz CT molecular complexity index is 905. The van der Waals surface area contributed by atoms with Crippen LogP contribution in [0.1, 0.15) is 21.5 Å². The molecule has 0 aromatic heterocycles. The molecule has 132 valence electrons. The zero-order valence-corrected chi connectivity index (χ0v) is 14.5. The van der Waals surface area contributed by atoms with Crippen molar-refractivity contribution >= 4 is 27.6 Å². The summed E-state index contributed by atoms with van der Waals surface area (Å²) >= 11 is 0. The van der Waals surface area contributed by atoms with Crippen molar-refractivity contribution in [1.29, 1.82) is 0 Å². The van der Waals surface area contributed by atoms with Crippen LogP contribution in [0.25, 0.3) is 0 Å². The van der Waals surface area contributed by atoms with Gasteiger partial charge >= 0.3 is 0 Å². The largest absolute Gasteiger partial charge is 0.548 e. The second kappa shape index (κ2) is 7.35. The number of rotatable bonds is 6. The summed E-state index contributed by atoms with van der Waals surface area (Å²) in [5.41, 5.74) is 2.08. The molecule has 1 amide bonds. The van der Waals surface area contributed by atoms with Gasteiger partial charge in [-0.25, -0.2) is 8.42 Å². The zero-order chi connectivity index (χ0) is 18.6. The second-order valence-electron chi connectivity index (χ2n) is 5.51. The Morgan fingerprint density at radius 2 is 1.68 bits per heavy atom. The highest BCUT2D eigenvalue weighted by atomic mass is 32.2. The van der Waals surface area contributed by atoms with Crippen molar-refractivity contribution in [2.75, 3.05) is 11.3 Å². The highest BCUT2D eigenvalue weighted by Gasteiger charge is 2.17. The van der Waals surface area contributed by atoms with E-state index >= 15 is 0 Å². The number of aliphatic carboxylic acids is 1. The third-order valence-corrected chi connectivity index (χ3v) is 4.95. The number of hydrogen-bond donors (Lipinski definition) is 2. The molecule has 0 bridgehead atoms. The van der Waals surface area contributed by atoms with Gasteiger partial charge in [0.2, 0.25) is 0 Å². The van der Waals surface area contributed by atoms with Gasteiger partial charge in [-0.2, -0.15) is 0 Å². The molecule has 0 aliphatic carbocycles. The first-order valence-corrected chi connectivity index (χ1v) is 8.85.